The molecule has 0 saturated carbocycles. The SMILES string of the molecule is CCc1cc(=O)oc2cc(OCC(=O)Nc3nc(CC)n(C)n3)ccc12. The maximum absolute atomic E-state index is 12.0. The van der Waals surface area contributed by atoms with Crippen molar-refractivity contribution in [3.05, 3.63) is 46.1 Å². The maximum atomic E-state index is 12.0. The summed E-state index contributed by atoms with van der Waals surface area (Å²) in [7, 11) is 1.77. The second-order valence-corrected chi connectivity index (χ2v) is 5.77. The highest BCUT2D eigenvalue weighted by molar-refractivity contribution is 5.90. The van der Waals surface area contributed by atoms with Crippen molar-refractivity contribution in [3.8, 4) is 5.75 Å². The van der Waals surface area contributed by atoms with Gasteiger partial charge >= 0.3 is 5.63 Å². The quantitative estimate of drug-likeness (QED) is 0.679. The lowest BCUT2D eigenvalue weighted by Gasteiger charge is -2.07. The summed E-state index contributed by atoms with van der Waals surface area (Å²) >= 11 is 0. The van der Waals surface area contributed by atoms with E-state index >= 15 is 0 Å². The highest BCUT2D eigenvalue weighted by Crippen LogP contribution is 2.23. The number of aryl methyl sites for hydroxylation is 3. The highest BCUT2D eigenvalue weighted by Gasteiger charge is 2.11. The molecule has 136 valence electrons. The van der Waals surface area contributed by atoms with Crippen LogP contribution in [-0.4, -0.2) is 27.3 Å². The largest absolute Gasteiger partial charge is 0.484 e. The molecule has 0 bridgehead atoms. The van der Waals surface area contributed by atoms with Gasteiger partial charge in [-0.3, -0.25) is 14.8 Å². The monoisotopic (exact) mass is 356 g/mol. The van der Waals surface area contributed by atoms with Gasteiger partial charge in [-0.2, -0.15) is 4.98 Å². The number of anilines is 1. The fraction of sp³-hybridized carbons (Fsp3) is 0.333. The van der Waals surface area contributed by atoms with Gasteiger partial charge in [0.05, 0.1) is 0 Å². The van der Waals surface area contributed by atoms with Crippen molar-refractivity contribution >= 4 is 22.8 Å². The molecule has 2 aromatic heterocycles. The highest BCUT2D eigenvalue weighted by atomic mass is 16.5. The van der Waals surface area contributed by atoms with Gasteiger partial charge in [0.1, 0.15) is 17.2 Å². The molecule has 0 atom stereocenters. The number of ether oxygens (including phenoxy) is 1. The Kier molecular flexibility index (Phi) is 5.01. The molecule has 1 amide bonds. The van der Waals surface area contributed by atoms with Crippen LogP contribution in [0.1, 0.15) is 25.2 Å². The van der Waals surface area contributed by atoms with Gasteiger partial charge in [-0.05, 0) is 24.1 Å². The lowest BCUT2D eigenvalue weighted by molar-refractivity contribution is -0.118. The number of nitrogens with one attached hydrogen (secondary N) is 1. The van der Waals surface area contributed by atoms with E-state index in [4.69, 9.17) is 9.15 Å². The summed E-state index contributed by atoms with van der Waals surface area (Å²) in [4.78, 5) is 27.8. The van der Waals surface area contributed by atoms with Gasteiger partial charge in [0.15, 0.2) is 6.61 Å². The number of benzene rings is 1. The van der Waals surface area contributed by atoms with Crippen molar-refractivity contribution in [1.29, 1.82) is 0 Å². The Morgan fingerprint density at radius 1 is 1.27 bits per heavy atom. The number of hydrogen-bond acceptors (Lipinski definition) is 6. The van der Waals surface area contributed by atoms with Gasteiger partial charge < -0.3 is 9.15 Å². The molecule has 0 aliphatic heterocycles. The third-order valence-electron chi connectivity index (χ3n) is 3.97. The second kappa shape index (κ2) is 7.38. The molecule has 8 nitrogen and oxygen atoms in total. The van der Waals surface area contributed by atoms with Crippen LogP contribution in [0.4, 0.5) is 5.95 Å². The molecule has 0 aliphatic carbocycles. The van der Waals surface area contributed by atoms with E-state index in [-0.39, 0.29) is 18.5 Å². The number of aromatic nitrogens is 3. The molecule has 0 radical (unpaired) electrons. The van der Waals surface area contributed by atoms with Crippen molar-refractivity contribution in [1.82, 2.24) is 14.8 Å². The van der Waals surface area contributed by atoms with Crippen LogP contribution in [0.15, 0.2) is 33.5 Å². The van der Waals surface area contributed by atoms with E-state index in [0.717, 1.165) is 29.6 Å². The number of rotatable bonds is 6. The number of carbonyl (C=O) groups excluding carboxylic acids is 1. The summed E-state index contributed by atoms with van der Waals surface area (Å²) in [6.45, 7) is 3.72. The third kappa shape index (κ3) is 3.74. The smallest absolute Gasteiger partial charge is 0.336 e. The first-order valence-electron chi connectivity index (χ1n) is 8.39. The summed E-state index contributed by atoms with van der Waals surface area (Å²) in [5.41, 5.74) is 0.942. The lowest BCUT2D eigenvalue weighted by Crippen LogP contribution is -2.21. The zero-order valence-electron chi connectivity index (χ0n) is 14.9. The fourth-order valence-electron chi connectivity index (χ4n) is 2.68. The van der Waals surface area contributed by atoms with Crippen LogP contribution in [0.3, 0.4) is 0 Å². The Bertz CT molecular complexity index is 1010. The van der Waals surface area contributed by atoms with E-state index in [0.29, 0.717) is 11.3 Å². The predicted molar refractivity (Wildman–Crippen MR) is 96.4 cm³/mol. The van der Waals surface area contributed by atoms with Crippen LogP contribution < -0.4 is 15.7 Å². The fourth-order valence-corrected chi connectivity index (χ4v) is 2.68. The van der Waals surface area contributed by atoms with Crippen LogP contribution in [0.2, 0.25) is 0 Å². The van der Waals surface area contributed by atoms with Crippen LogP contribution >= 0.6 is 0 Å². The topological polar surface area (TPSA) is 99.2 Å². The lowest BCUT2D eigenvalue weighted by atomic mass is 10.1. The Labute approximate surface area is 149 Å². The van der Waals surface area contributed by atoms with Crippen molar-refractivity contribution in [3.63, 3.8) is 0 Å². The van der Waals surface area contributed by atoms with Crippen LogP contribution in [0.5, 0.6) is 5.75 Å². The van der Waals surface area contributed by atoms with Crippen LogP contribution in [0.25, 0.3) is 11.0 Å². The summed E-state index contributed by atoms with van der Waals surface area (Å²) in [6.07, 6.45) is 1.44. The van der Waals surface area contributed by atoms with Gasteiger partial charge in [-0.1, -0.05) is 13.8 Å². The minimum absolute atomic E-state index is 0.205. The first-order chi connectivity index (χ1) is 12.5. The average molecular weight is 356 g/mol. The zero-order chi connectivity index (χ0) is 18.7. The Morgan fingerprint density at radius 3 is 2.77 bits per heavy atom. The van der Waals surface area contributed by atoms with Gasteiger partial charge in [0.2, 0.25) is 5.95 Å². The summed E-state index contributed by atoms with van der Waals surface area (Å²) in [6, 6.07) is 6.65. The first-order valence-corrected chi connectivity index (χ1v) is 8.39. The minimum atomic E-state index is -0.405. The molecule has 1 aromatic carbocycles. The molecule has 26 heavy (non-hydrogen) atoms. The van der Waals surface area contributed by atoms with E-state index in [1.807, 2.05) is 19.9 Å². The molecule has 3 aromatic rings. The zero-order valence-corrected chi connectivity index (χ0v) is 14.9. The van der Waals surface area contributed by atoms with Crippen LogP contribution in [-0.2, 0) is 24.7 Å². The van der Waals surface area contributed by atoms with E-state index in [1.165, 1.54) is 6.07 Å². The molecule has 0 saturated heterocycles. The second-order valence-electron chi connectivity index (χ2n) is 5.77. The molecule has 3 rings (SSSR count). The van der Waals surface area contributed by atoms with Gasteiger partial charge in [-0.15, -0.1) is 5.10 Å². The van der Waals surface area contributed by atoms with E-state index in [2.05, 4.69) is 15.4 Å². The minimum Gasteiger partial charge on any atom is -0.484 e. The number of hydrogen-bond donors (Lipinski definition) is 1. The molecule has 2 heterocycles. The van der Waals surface area contributed by atoms with Crippen LogP contribution in [0, 0.1) is 0 Å². The predicted octanol–water partition coefficient (Wildman–Crippen LogP) is 2.06. The number of amides is 1. The van der Waals surface area contributed by atoms with Gasteiger partial charge in [-0.25, -0.2) is 4.79 Å². The summed E-state index contributed by atoms with van der Waals surface area (Å²) < 4.78 is 12.3. The van der Waals surface area contributed by atoms with Gasteiger partial charge in [0, 0.05) is 31.0 Å². The molecule has 1 N–H and O–H groups in total. The summed E-state index contributed by atoms with van der Waals surface area (Å²) in [5.74, 6) is 1.09. The standard InChI is InChI=1S/C18H20N4O4/c1-4-11-8-17(24)26-14-9-12(6-7-13(11)14)25-10-16(23)20-18-19-15(5-2)22(3)21-18/h6-9H,4-5,10H2,1-3H3,(H,20,21,23). The van der Waals surface area contributed by atoms with Gasteiger partial charge in [0.25, 0.3) is 5.91 Å². The molecule has 8 heteroatoms. The maximum Gasteiger partial charge on any atom is 0.336 e. The van der Waals surface area contributed by atoms with Crippen molar-refractivity contribution < 1.29 is 13.9 Å². The Morgan fingerprint density at radius 2 is 2.08 bits per heavy atom. The van der Waals surface area contributed by atoms with E-state index in [9.17, 15) is 9.59 Å². The number of fused-ring (bicyclic) bond motifs is 1. The molecular weight excluding hydrogens is 336 g/mol. The normalized spacial score (nSPS) is 10.9. The summed E-state index contributed by atoms with van der Waals surface area (Å²) in [5, 5.41) is 7.56. The molecule has 0 aliphatic rings. The molecule has 0 spiro atoms. The average Bonchev–Trinajstić information content (AvgIpc) is 2.98. The molecular formula is C18H20N4O4. The van der Waals surface area contributed by atoms with Crippen molar-refractivity contribution in [2.75, 3.05) is 11.9 Å². The van der Waals surface area contributed by atoms with Crippen molar-refractivity contribution in [2.24, 2.45) is 7.05 Å². The molecule has 0 unspecified atom stereocenters. The first kappa shape index (κ1) is 17.7. The Balaban J connectivity index is 1.68. The Hall–Kier alpha value is -3.16. The van der Waals surface area contributed by atoms with Crippen molar-refractivity contribution in [2.45, 2.75) is 26.7 Å². The van der Waals surface area contributed by atoms with E-state index in [1.54, 1.807) is 23.9 Å². The number of nitrogens with zero attached hydrogens (tertiary/aromatic N) is 3. The van der Waals surface area contributed by atoms with E-state index < -0.39 is 5.63 Å². The number of carbonyl (C=O) groups is 1. The molecule has 0 fully saturated rings. The third-order valence-corrected chi connectivity index (χ3v) is 3.97.